The van der Waals surface area contributed by atoms with E-state index in [1.165, 1.54) is 12.1 Å². The topological polar surface area (TPSA) is 97.7 Å². The second kappa shape index (κ2) is 9.74. The van der Waals surface area contributed by atoms with Crippen molar-refractivity contribution in [1.29, 1.82) is 15.8 Å². The number of rotatable bonds is 3. The largest absolute Gasteiger partial charge is 0.456 e. The average molecular weight is 562 g/mol. The molecule has 0 radical (unpaired) electrons. The molecule has 8 aromatic rings. The third-order valence-electron chi connectivity index (χ3n) is 8.15. The van der Waals surface area contributed by atoms with E-state index in [0.29, 0.717) is 11.1 Å². The van der Waals surface area contributed by atoms with Crippen LogP contribution in [0, 0.1) is 34.0 Å². The van der Waals surface area contributed by atoms with Gasteiger partial charge >= 0.3 is 0 Å². The van der Waals surface area contributed by atoms with Crippen LogP contribution in [0.3, 0.4) is 0 Å². The molecule has 0 amide bonds. The smallest absolute Gasteiger partial charge is 0.136 e. The molecule has 0 N–H and O–H groups in total. The van der Waals surface area contributed by atoms with Crippen LogP contribution in [0.5, 0.6) is 0 Å². The fraction of sp³-hybridized carbons (Fsp3) is 0. The summed E-state index contributed by atoms with van der Waals surface area (Å²) in [5, 5.41) is 33.8. The van der Waals surface area contributed by atoms with Gasteiger partial charge in [0, 0.05) is 27.1 Å². The summed E-state index contributed by atoms with van der Waals surface area (Å²) < 4.78 is 12.3. The lowest BCUT2D eigenvalue weighted by Crippen LogP contribution is -1.94. The van der Waals surface area contributed by atoms with Crippen LogP contribution in [0.4, 0.5) is 0 Å². The Kier molecular flexibility index (Phi) is 5.56. The standard InChI is InChI=1S/C39H19N3O2/c40-20-23-13-29(21-41)39(30(14-23)22-42)28-16-26(24-10-12-37-34(18-24)32-6-2-4-8-36(32)43-37)15-27(17-28)25-9-11-33-31-5-1-3-7-35(31)44-38(33)19-25/h1-19H. The predicted octanol–water partition coefficient (Wildman–Crippen LogP) is 10.1. The van der Waals surface area contributed by atoms with Gasteiger partial charge in [0.25, 0.3) is 0 Å². The Morgan fingerprint density at radius 2 is 0.909 bits per heavy atom. The van der Waals surface area contributed by atoms with Crippen LogP contribution in [-0.4, -0.2) is 0 Å². The summed E-state index contributed by atoms with van der Waals surface area (Å²) in [6, 6.07) is 43.8. The Balaban J connectivity index is 1.39. The first-order valence-electron chi connectivity index (χ1n) is 14.0. The summed E-state index contributed by atoms with van der Waals surface area (Å²) in [5.41, 5.74) is 8.93. The Bertz CT molecular complexity index is 2570. The number of fused-ring (bicyclic) bond motifs is 6. The summed E-state index contributed by atoms with van der Waals surface area (Å²) in [6.45, 7) is 0. The minimum absolute atomic E-state index is 0.269. The summed E-state index contributed by atoms with van der Waals surface area (Å²) in [7, 11) is 0. The van der Waals surface area contributed by atoms with Gasteiger partial charge in [-0.15, -0.1) is 0 Å². The lowest BCUT2D eigenvalue weighted by atomic mass is 9.88. The normalized spacial score (nSPS) is 11.1. The number of hydrogen-bond donors (Lipinski definition) is 0. The third-order valence-corrected chi connectivity index (χ3v) is 8.15. The van der Waals surface area contributed by atoms with E-state index in [4.69, 9.17) is 8.83 Å². The second-order valence-electron chi connectivity index (χ2n) is 10.7. The number of hydrogen-bond acceptors (Lipinski definition) is 5. The van der Waals surface area contributed by atoms with Crippen molar-refractivity contribution in [3.63, 3.8) is 0 Å². The zero-order valence-electron chi connectivity index (χ0n) is 23.1. The van der Waals surface area contributed by atoms with Crippen LogP contribution in [0.25, 0.3) is 77.3 Å². The van der Waals surface area contributed by atoms with E-state index in [1.54, 1.807) is 0 Å². The molecular formula is C39H19N3O2. The van der Waals surface area contributed by atoms with E-state index in [-0.39, 0.29) is 16.7 Å². The van der Waals surface area contributed by atoms with Gasteiger partial charge in [-0.05, 0) is 94.5 Å². The van der Waals surface area contributed by atoms with Gasteiger partial charge in [0.05, 0.1) is 34.9 Å². The number of furan rings is 2. The van der Waals surface area contributed by atoms with Crippen LogP contribution >= 0.6 is 0 Å². The first-order valence-corrected chi connectivity index (χ1v) is 14.0. The van der Waals surface area contributed by atoms with E-state index in [2.05, 4.69) is 42.5 Å². The van der Waals surface area contributed by atoms with Crippen LogP contribution in [0.1, 0.15) is 16.7 Å². The quantitative estimate of drug-likeness (QED) is 0.214. The molecule has 0 aliphatic rings. The zero-order valence-corrected chi connectivity index (χ0v) is 23.1. The first kappa shape index (κ1) is 25.1. The molecule has 5 heteroatoms. The number of para-hydroxylation sites is 2. The Morgan fingerprint density at radius 3 is 1.57 bits per heavy atom. The van der Waals surface area contributed by atoms with E-state index in [9.17, 15) is 15.8 Å². The van der Waals surface area contributed by atoms with E-state index in [1.807, 2.05) is 78.9 Å². The van der Waals surface area contributed by atoms with E-state index < -0.39 is 0 Å². The molecule has 0 saturated carbocycles. The highest BCUT2D eigenvalue weighted by molar-refractivity contribution is 6.07. The van der Waals surface area contributed by atoms with Gasteiger partial charge in [0.15, 0.2) is 0 Å². The van der Waals surface area contributed by atoms with Crippen molar-refractivity contribution in [2.45, 2.75) is 0 Å². The van der Waals surface area contributed by atoms with Crippen molar-refractivity contribution in [3.05, 3.63) is 132 Å². The van der Waals surface area contributed by atoms with Gasteiger partial charge in [-0.25, -0.2) is 0 Å². The molecule has 44 heavy (non-hydrogen) atoms. The highest BCUT2D eigenvalue weighted by Gasteiger charge is 2.17. The number of nitriles is 3. The molecule has 202 valence electrons. The molecule has 0 atom stereocenters. The molecule has 0 bridgehead atoms. The summed E-state index contributed by atoms with van der Waals surface area (Å²) >= 11 is 0. The summed E-state index contributed by atoms with van der Waals surface area (Å²) in [5.74, 6) is 0. The van der Waals surface area contributed by atoms with Crippen LogP contribution < -0.4 is 0 Å². The van der Waals surface area contributed by atoms with Crippen LogP contribution in [0.2, 0.25) is 0 Å². The van der Waals surface area contributed by atoms with Crippen molar-refractivity contribution in [1.82, 2.24) is 0 Å². The summed E-state index contributed by atoms with van der Waals surface area (Å²) in [6.07, 6.45) is 0. The maximum Gasteiger partial charge on any atom is 0.136 e. The van der Waals surface area contributed by atoms with Crippen molar-refractivity contribution < 1.29 is 8.83 Å². The van der Waals surface area contributed by atoms with E-state index >= 15 is 0 Å². The molecule has 8 rings (SSSR count). The number of nitrogens with zero attached hydrogens (tertiary/aromatic N) is 3. The molecule has 6 aromatic carbocycles. The minimum atomic E-state index is 0.269. The molecule has 5 nitrogen and oxygen atoms in total. The summed E-state index contributed by atoms with van der Waals surface area (Å²) in [4.78, 5) is 0. The fourth-order valence-electron chi connectivity index (χ4n) is 6.11. The van der Waals surface area contributed by atoms with Gasteiger partial charge in [-0.1, -0.05) is 48.5 Å². The third kappa shape index (κ3) is 3.92. The SMILES string of the molecule is N#Cc1cc(C#N)c(-c2cc(-c3ccc4c(c3)oc3ccccc34)cc(-c3ccc4oc5ccccc5c4c3)c2)c(C#N)c1. The van der Waals surface area contributed by atoms with Crippen molar-refractivity contribution in [3.8, 4) is 51.6 Å². The van der Waals surface area contributed by atoms with E-state index in [0.717, 1.165) is 66.1 Å². The molecule has 0 aliphatic carbocycles. The maximum absolute atomic E-state index is 10.1. The first-order chi connectivity index (χ1) is 21.6. The lowest BCUT2D eigenvalue weighted by Gasteiger charge is -2.14. The highest BCUT2D eigenvalue weighted by Crippen LogP contribution is 2.39. The van der Waals surface area contributed by atoms with Crippen LogP contribution in [-0.2, 0) is 0 Å². The maximum atomic E-state index is 10.1. The highest BCUT2D eigenvalue weighted by atomic mass is 16.3. The average Bonchev–Trinajstić information content (AvgIpc) is 3.64. The van der Waals surface area contributed by atoms with Crippen molar-refractivity contribution in [2.24, 2.45) is 0 Å². The van der Waals surface area contributed by atoms with Crippen LogP contribution in [0.15, 0.2) is 124 Å². The Hall–Kier alpha value is -6.61. The molecule has 0 saturated heterocycles. The molecule has 2 aromatic heterocycles. The van der Waals surface area contributed by atoms with Gasteiger partial charge in [0.1, 0.15) is 22.3 Å². The second-order valence-corrected chi connectivity index (χ2v) is 10.7. The van der Waals surface area contributed by atoms with Gasteiger partial charge < -0.3 is 8.83 Å². The Morgan fingerprint density at radius 1 is 0.386 bits per heavy atom. The molecule has 2 heterocycles. The molecule has 0 aliphatic heterocycles. The Labute approximate surface area is 251 Å². The molecule has 0 fully saturated rings. The fourth-order valence-corrected chi connectivity index (χ4v) is 6.11. The molecule has 0 unspecified atom stereocenters. The van der Waals surface area contributed by atoms with Gasteiger partial charge in [0.2, 0.25) is 0 Å². The van der Waals surface area contributed by atoms with Crippen molar-refractivity contribution in [2.75, 3.05) is 0 Å². The molecular weight excluding hydrogens is 542 g/mol. The lowest BCUT2D eigenvalue weighted by molar-refractivity contribution is 0.668. The monoisotopic (exact) mass is 561 g/mol. The van der Waals surface area contributed by atoms with Gasteiger partial charge in [-0.3, -0.25) is 0 Å². The number of benzene rings is 6. The molecule has 0 spiro atoms. The van der Waals surface area contributed by atoms with Gasteiger partial charge in [-0.2, -0.15) is 15.8 Å². The predicted molar refractivity (Wildman–Crippen MR) is 171 cm³/mol. The minimum Gasteiger partial charge on any atom is -0.456 e. The zero-order chi connectivity index (χ0) is 29.8. The van der Waals surface area contributed by atoms with Crippen molar-refractivity contribution >= 4 is 43.9 Å².